The Labute approximate surface area is 96.9 Å². The van der Waals surface area contributed by atoms with Crippen LogP contribution in [0.5, 0.6) is 0 Å². The maximum Gasteiger partial charge on any atom is 0.0802 e. The molecule has 1 unspecified atom stereocenters. The summed E-state index contributed by atoms with van der Waals surface area (Å²) in [5.74, 6) is 0. The molecule has 0 saturated heterocycles. The normalized spacial score (nSPS) is 12.7. The summed E-state index contributed by atoms with van der Waals surface area (Å²) in [6.45, 7) is 0.741. The van der Waals surface area contributed by atoms with Crippen molar-refractivity contribution in [2.75, 3.05) is 13.2 Å². The molecular formula is C13H21NO2. The molecule has 0 aliphatic carbocycles. The van der Waals surface area contributed by atoms with Crippen molar-refractivity contribution in [1.82, 2.24) is 0 Å². The highest BCUT2D eigenvalue weighted by Gasteiger charge is 2.06. The van der Waals surface area contributed by atoms with Crippen molar-refractivity contribution in [2.45, 2.75) is 31.8 Å². The molecule has 1 atom stereocenters. The zero-order chi connectivity index (χ0) is 11.8. The first-order chi connectivity index (χ1) is 7.77. The highest BCUT2D eigenvalue weighted by atomic mass is 16.3. The molecular weight excluding hydrogens is 202 g/mol. The SMILES string of the molecule is NCCC(O)c1cccc(CCCCO)c1. The van der Waals surface area contributed by atoms with Crippen molar-refractivity contribution in [2.24, 2.45) is 5.73 Å². The summed E-state index contributed by atoms with van der Waals surface area (Å²) in [4.78, 5) is 0. The Hall–Kier alpha value is -0.900. The monoisotopic (exact) mass is 223 g/mol. The molecule has 3 nitrogen and oxygen atoms in total. The summed E-state index contributed by atoms with van der Waals surface area (Å²) in [6, 6.07) is 7.97. The molecule has 0 saturated carbocycles. The van der Waals surface area contributed by atoms with Crippen LogP contribution in [0.4, 0.5) is 0 Å². The third kappa shape index (κ3) is 4.31. The summed E-state index contributed by atoms with van der Waals surface area (Å²) < 4.78 is 0. The molecule has 1 aromatic carbocycles. The van der Waals surface area contributed by atoms with E-state index < -0.39 is 6.10 Å². The molecule has 0 heterocycles. The van der Waals surface area contributed by atoms with Gasteiger partial charge in [0, 0.05) is 6.61 Å². The number of aryl methyl sites for hydroxylation is 1. The summed E-state index contributed by atoms with van der Waals surface area (Å²) in [6.07, 6.45) is 2.90. The van der Waals surface area contributed by atoms with E-state index in [1.54, 1.807) is 0 Å². The van der Waals surface area contributed by atoms with Gasteiger partial charge in [-0.05, 0) is 43.4 Å². The third-order valence-corrected chi connectivity index (χ3v) is 2.65. The van der Waals surface area contributed by atoms with Crippen LogP contribution in [0.15, 0.2) is 24.3 Å². The van der Waals surface area contributed by atoms with Crippen LogP contribution in [0.1, 0.15) is 36.5 Å². The Kier molecular flexibility index (Phi) is 6.08. The molecule has 1 aromatic rings. The van der Waals surface area contributed by atoms with Crippen LogP contribution in [0, 0.1) is 0 Å². The molecule has 0 aliphatic rings. The second-order valence-corrected chi connectivity index (χ2v) is 4.02. The van der Waals surface area contributed by atoms with E-state index in [1.807, 2.05) is 18.2 Å². The van der Waals surface area contributed by atoms with Crippen LogP contribution in [0.25, 0.3) is 0 Å². The van der Waals surface area contributed by atoms with Gasteiger partial charge < -0.3 is 15.9 Å². The minimum atomic E-state index is -0.456. The molecule has 0 bridgehead atoms. The van der Waals surface area contributed by atoms with Gasteiger partial charge >= 0.3 is 0 Å². The van der Waals surface area contributed by atoms with Gasteiger partial charge in [-0.15, -0.1) is 0 Å². The Morgan fingerprint density at radius 3 is 2.75 bits per heavy atom. The second-order valence-electron chi connectivity index (χ2n) is 4.02. The minimum Gasteiger partial charge on any atom is -0.396 e. The van der Waals surface area contributed by atoms with E-state index in [0.29, 0.717) is 13.0 Å². The van der Waals surface area contributed by atoms with Crippen molar-refractivity contribution < 1.29 is 10.2 Å². The highest BCUT2D eigenvalue weighted by molar-refractivity contribution is 5.25. The van der Waals surface area contributed by atoms with Crippen molar-refractivity contribution in [1.29, 1.82) is 0 Å². The predicted molar refractivity (Wildman–Crippen MR) is 65.1 cm³/mol. The highest BCUT2D eigenvalue weighted by Crippen LogP contribution is 2.18. The molecule has 0 spiro atoms. The Bertz CT molecular complexity index is 302. The molecule has 16 heavy (non-hydrogen) atoms. The van der Waals surface area contributed by atoms with E-state index in [-0.39, 0.29) is 6.61 Å². The lowest BCUT2D eigenvalue weighted by Crippen LogP contribution is -2.06. The lowest BCUT2D eigenvalue weighted by molar-refractivity contribution is 0.170. The molecule has 3 heteroatoms. The van der Waals surface area contributed by atoms with E-state index in [2.05, 4.69) is 6.07 Å². The van der Waals surface area contributed by atoms with E-state index >= 15 is 0 Å². The van der Waals surface area contributed by atoms with E-state index in [1.165, 1.54) is 5.56 Å². The first-order valence-electron chi connectivity index (χ1n) is 5.85. The number of nitrogens with two attached hydrogens (primary N) is 1. The molecule has 0 radical (unpaired) electrons. The molecule has 0 aliphatic heterocycles. The molecule has 1 rings (SSSR count). The van der Waals surface area contributed by atoms with Crippen LogP contribution >= 0.6 is 0 Å². The quantitative estimate of drug-likeness (QED) is 0.612. The van der Waals surface area contributed by atoms with Crippen LogP contribution in [0.3, 0.4) is 0 Å². The van der Waals surface area contributed by atoms with E-state index in [9.17, 15) is 5.11 Å². The van der Waals surface area contributed by atoms with Gasteiger partial charge in [-0.25, -0.2) is 0 Å². The summed E-state index contributed by atoms with van der Waals surface area (Å²) in [5, 5.41) is 18.5. The maximum absolute atomic E-state index is 9.80. The van der Waals surface area contributed by atoms with Gasteiger partial charge in [0.2, 0.25) is 0 Å². The average molecular weight is 223 g/mol. The van der Waals surface area contributed by atoms with Gasteiger partial charge in [-0.2, -0.15) is 0 Å². The van der Waals surface area contributed by atoms with Gasteiger partial charge in [0.05, 0.1) is 6.10 Å². The van der Waals surface area contributed by atoms with Gasteiger partial charge in [0.25, 0.3) is 0 Å². The number of aliphatic hydroxyl groups excluding tert-OH is 2. The van der Waals surface area contributed by atoms with Gasteiger partial charge in [0.15, 0.2) is 0 Å². The number of benzene rings is 1. The summed E-state index contributed by atoms with van der Waals surface area (Å²) >= 11 is 0. The molecule has 0 aromatic heterocycles. The first-order valence-corrected chi connectivity index (χ1v) is 5.85. The fraction of sp³-hybridized carbons (Fsp3) is 0.538. The predicted octanol–water partition coefficient (Wildman–Crippen LogP) is 1.38. The Balaban J connectivity index is 2.56. The molecule has 90 valence electrons. The van der Waals surface area contributed by atoms with Crippen molar-refractivity contribution in [3.8, 4) is 0 Å². The maximum atomic E-state index is 9.80. The number of aliphatic hydroxyl groups is 2. The largest absolute Gasteiger partial charge is 0.396 e. The second kappa shape index (κ2) is 7.39. The molecule has 0 amide bonds. The molecule has 4 N–H and O–H groups in total. The Morgan fingerprint density at radius 2 is 2.06 bits per heavy atom. The van der Waals surface area contributed by atoms with Crippen LogP contribution < -0.4 is 5.73 Å². The smallest absolute Gasteiger partial charge is 0.0802 e. The van der Waals surface area contributed by atoms with Gasteiger partial charge in [-0.1, -0.05) is 24.3 Å². The van der Waals surface area contributed by atoms with Gasteiger partial charge in [0.1, 0.15) is 0 Å². The third-order valence-electron chi connectivity index (χ3n) is 2.65. The lowest BCUT2D eigenvalue weighted by atomic mass is 10.0. The van der Waals surface area contributed by atoms with E-state index in [4.69, 9.17) is 10.8 Å². The minimum absolute atomic E-state index is 0.246. The van der Waals surface area contributed by atoms with E-state index in [0.717, 1.165) is 24.8 Å². The lowest BCUT2D eigenvalue weighted by Gasteiger charge is -2.11. The standard InChI is InChI=1S/C13H21NO2/c14-8-7-13(16)12-6-3-5-11(10-12)4-1-2-9-15/h3,5-6,10,13,15-16H,1-2,4,7-9,14H2. The number of rotatable bonds is 7. The first kappa shape index (κ1) is 13.2. The number of hydrogen-bond acceptors (Lipinski definition) is 3. The molecule has 0 fully saturated rings. The van der Waals surface area contributed by atoms with Crippen molar-refractivity contribution in [3.63, 3.8) is 0 Å². The number of hydrogen-bond donors (Lipinski definition) is 3. The van der Waals surface area contributed by atoms with Crippen LogP contribution in [-0.4, -0.2) is 23.4 Å². The Morgan fingerprint density at radius 1 is 1.25 bits per heavy atom. The zero-order valence-corrected chi connectivity index (χ0v) is 9.60. The van der Waals surface area contributed by atoms with Crippen molar-refractivity contribution in [3.05, 3.63) is 35.4 Å². The summed E-state index contributed by atoms with van der Waals surface area (Å²) in [5.41, 5.74) is 7.56. The fourth-order valence-corrected chi connectivity index (χ4v) is 1.72. The van der Waals surface area contributed by atoms with Crippen LogP contribution in [0.2, 0.25) is 0 Å². The number of unbranched alkanes of at least 4 members (excludes halogenated alkanes) is 1. The average Bonchev–Trinajstić information content (AvgIpc) is 2.30. The van der Waals surface area contributed by atoms with Crippen LogP contribution in [-0.2, 0) is 6.42 Å². The topological polar surface area (TPSA) is 66.5 Å². The fourth-order valence-electron chi connectivity index (χ4n) is 1.72. The van der Waals surface area contributed by atoms with Crippen molar-refractivity contribution >= 4 is 0 Å². The summed E-state index contributed by atoms with van der Waals surface area (Å²) in [7, 11) is 0. The zero-order valence-electron chi connectivity index (χ0n) is 9.60. The van der Waals surface area contributed by atoms with Gasteiger partial charge in [-0.3, -0.25) is 0 Å².